The maximum Gasteiger partial charge on any atom is 0.243 e. The molecule has 3 aromatic rings. The quantitative estimate of drug-likeness (QED) is 0.533. The van der Waals surface area contributed by atoms with Gasteiger partial charge in [-0.25, -0.2) is 13.4 Å². The molecule has 0 saturated carbocycles. The molecular weight excluding hydrogens is 472 g/mol. The maximum atomic E-state index is 13.1. The Morgan fingerprint density at radius 1 is 0.944 bits per heavy atom. The second-order valence-corrected chi connectivity index (χ2v) is 12.0. The maximum absolute atomic E-state index is 13.1. The van der Waals surface area contributed by atoms with E-state index in [1.54, 1.807) is 22.5 Å². The van der Waals surface area contributed by atoms with Gasteiger partial charge in [0, 0.05) is 37.3 Å². The predicted octanol–water partition coefficient (Wildman–Crippen LogP) is 4.88. The second-order valence-electron chi connectivity index (χ2n) is 10.1. The van der Waals surface area contributed by atoms with E-state index in [1.807, 2.05) is 38.1 Å². The number of sulfonamides is 1. The average molecular weight is 507 g/mol. The third kappa shape index (κ3) is 5.11. The van der Waals surface area contributed by atoms with Crippen molar-refractivity contribution in [3.8, 4) is 0 Å². The Labute approximate surface area is 213 Å². The van der Waals surface area contributed by atoms with Gasteiger partial charge in [0.2, 0.25) is 15.9 Å². The molecule has 1 amide bonds. The van der Waals surface area contributed by atoms with Crippen LogP contribution in [0.1, 0.15) is 43.2 Å². The molecule has 0 radical (unpaired) electrons. The SMILES string of the molecule is Cc1ccc(NC(=O)[C@H]2CCCN(c3ccc4cc(S(=O)(=O)N5CCCCC5)ccc4n3)C2)c(C)c1. The number of amides is 1. The summed E-state index contributed by atoms with van der Waals surface area (Å²) in [5.41, 5.74) is 3.86. The van der Waals surface area contributed by atoms with Crippen molar-refractivity contribution >= 4 is 38.3 Å². The second kappa shape index (κ2) is 10.2. The van der Waals surface area contributed by atoms with Crippen molar-refractivity contribution in [3.63, 3.8) is 0 Å². The van der Waals surface area contributed by atoms with E-state index in [9.17, 15) is 13.2 Å². The lowest BCUT2D eigenvalue weighted by Gasteiger charge is -2.33. The van der Waals surface area contributed by atoms with Crippen LogP contribution in [0, 0.1) is 19.8 Å². The fourth-order valence-electron chi connectivity index (χ4n) is 5.27. The lowest BCUT2D eigenvalue weighted by Crippen LogP contribution is -2.41. The molecule has 0 unspecified atom stereocenters. The Balaban J connectivity index is 1.31. The number of aryl methyl sites for hydroxylation is 2. The number of rotatable bonds is 5. The molecule has 8 heteroatoms. The average Bonchev–Trinajstić information content (AvgIpc) is 2.90. The van der Waals surface area contributed by atoms with Gasteiger partial charge in [-0.05, 0) is 81.5 Å². The molecule has 36 heavy (non-hydrogen) atoms. The lowest BCUT2D eigenvalue weighted by molar-refractivity contribution is -0.120. The highest BCUT2D eigenvalue weighted by Crippen LogP contribution is 2.28. The number of aromatic nitrogens is 1. The van der Waals surface area contributed by atoms with Crippen molar-refractivity contribution in [2.75, 3.05) is 36.4 Å². The molecule has 0 bridgehead atoms. The Hall–Kier alpha value is -2.97. The number of nitrogens with zero attached hydrogens (tertiary/aromatic N) is 3. The molecule has 2 saturated heterocycles. The number of benzene rings is 2. The molecule has 0 aliphatic carbocycles. The lowest BCUT2D eigenvalue weighted by atomic mass is 9.96. The number of piperidine rings is 2. The number of hydrogen-bond donors (Lipinski definition) is 1. The van der Waals surface area contributed by atoms with Crippen LogP contribution in [0.4, 0.5) is 11.5 Å². The first kappa shape index (κ1) is 24.7. The number of anilines is 2. The van der Waals surface area contributed by atoms with Gasteiger partial charge in [0.1, 0.15) is 5.82 Å². The number of nitrogens with one attached hydrogen (secondary N) is 1. The Morgan fingerprint density at radius 3 is 2.53 bits per heavy atom. The number of pyridine rings is 1. The van der Waals surface area contributed by atoms with Crippen molar-refractivity contribution < 1.29 is 13.2 Å². The van der Waals surface area contributed by atoms with Crippen molar-refractivity contribution in [1.82, 2.24) is 9.29 Å². The largest absolute Gasteiger partial charge is 0.356 e. The monoisotopic (exact) mass is 506 g/mol. The minimum absolute atomic E-state index is 0.0417. The Bertz CT molecular complexity index is 1380. The number of carbonyl (C=O) groups excluding carboxylic acids is 1. The normalized spacial score (nSPS) is 19.4. The van der Waals surface area contributed by atoms with E-state index >= 15 is 0 Å². The van der Waals surface area contributed by atoms with Gasteiger partial charge >= 0.3 is 0 Å². The summed E-state index contributed by atoms with van der Waals surface area (Å²) in [6, 6.07) is 15.1. The molecule has 7 nitrogen and oxygen atoms in total. The molecule has 1 aromatic heterocycles. The molecule has 2 aromatic carbocycles. The minimum Gasteiger partial charge on any atom is -0.356 e. The summed E-state index contributed by atoms with van der Waals surface area (Å²) in [4.78, 5) is 20.3. The third-order valence-electron chi connectivity index (χ3n) is 7.35. The van der Waals surface area contributed by atoms with Gasteiger partial charge < -0.3 is 10.2 Å². The van der Waals surface area contributed by atoms with Gasteiger partial charge in [0.25, 0.3) is 0 Å². The highest BCUT2D eigenvalue weighted by Gasteiger charge is 2.28. The molecule has 0 spiro atoms. The molecule has 1 atom stereocenters. The van der Waals surface area contributed by atoms with E-state index in [1.165, 1.54) is 5.56 Å². The molecule has 1 N–H and O–H groups in total. The van der Waals surface area contributed by atoms with Gasteiger partial charge in [-0.15, -0.1) is 0 Å². The molecular formula is C28H34N4O3S. The Kier molecular flexibility index (Phi) is 6.99. The fraction of sp³-hybridized carbons (Fsp3) is 0.429. The third-order valence-corrected chi connectivity index (χ3v) is 9.25. The van der Waals surface area contributed by atoms with Crippen LogP contribution in [-0.2, 0) is 14.8 Å². The van der Waals surface area contributed by atoms with Gasteiger partial charge in [0.15, 0.2) is 0 Å². The topological polar surface area (TPSA) is 82.6 Å². The summed E-state index contributed by atoms with van der Waals surface area (Å²) in [5.74, 6) is 0.743. The zero-order valence-corrected chi connectivity index (χ0v) is 21.9. The van der Waals surface area contributed by atoms with Crippen molar-refractivity contribution in [3.05, 3.63) is 59.7 Å². The van der Waals surface area contributed by atoms with Gasteiger partial charge in [-0.1, -0.05) is 24.1 Å². The standard InChI is InChI=1S/C28H34N4O3S/c1-20-8-11-25(21(2)17-20)30-28(33)23-7-6-14-31(19-23)27-13-9-22-18-24(10-12-26(22)29-27)36(34,35)32-15-4-3-5-16-32/h8-13,17-18,23H,3-7,14-16,19H2,1-2H3,(H,30,33)/t23-/m0/s1. The van der Waals surface area contributed by atoms with Crippen LogP contribution in [0.3, 0.4) is 0 Å². The van der Waals surface area contributed by atoms with Crippen LogP contribution in [0.25, 0.3) is 10.9 Å². The molecule has 3 heterocycles. The van der Waals surface area contributed by atoms with E-state index in [0.29, 0.717) is 24.5 Å². The van der Waals surface area contributed by atoms with Crippen molar-refractivity contribution in [1.29, 1.82) is 0 Å². The Morgan fingerprint density at radius 2 is 1.75 bits per heavy atom. The van der Waals surface area contributed by atoms with E-state index < -0.39 is 10.0 Å². The zero-order chi connectivity index (χ0) is 25.3. The van der Waals surface area contributed by atoms with Crippen molar-refractivity contribution in [2.45, 2.75) is 50.8 Å². The molecule has 2 aliphatic heterocycles. The van der Waals surface area contributed by atoms with Crippen LogP contribution >= 0.6 is 0 Å². The van der Waals surface area contributed by atoms with Crippen LogP contribution in [0.2, 0.25) is 0 Å². The first-order valence-corrected chi connectivity index (χ1v) is 14.3. The van der Waals surface area contributed by atoms with Crippen molar-refractivity contribution in [2.24, 2.45) is 5.92 Å². The van der Waals surface area contributed by atoms with Crippen LogP contribution in [0.5, 0.6) is 0 Å². The number of fused-ring (bicyclic) bond motifs is 1. The molecule has 2 fully saturated rings. The molecule has 5 rings (SSSR count). The number of hydrogen-bond acceptors (Lipinski definition) is 5. The first-order chi connectivity index (χ1) is 17.3. The highest BCUT2D eigenvalue weighted by molar-refractivity contribution is 7.89. The van der Waals surface area contributed by atoms with Crippen LogP contribution in [0.15, 0.2) is 53.4 Å². The fourth-order valence-corrected chi connectivity index (χ4v) is 6.82. The van der Waals surface area contributed by atoms with E-state index in [2.05, 4.69) is 16.3 Å². The van der Waals surface area contributed by atoms with E-state index in [0.717, 1.165) is 66.6 Å². The number of carbonyl (C=O) groups is 1. The van der Waals surface area contributed by atoms with Crippen LogP contribution in [-0.4, -0.2) is 49.8 Å². The zero-order valence-electron chi connectivity index (χ0n) is 21.0. The summed E-state index contributed by atoms with van der Waals surface area (Å²) in [6.07, 6.45) is 4.67. The van der Waals surface area contributed by atoms with Crippen LogP contribution < -0.4 is 10.2 Å². The summed E-state index contributed by atoms with van der Waals surface area (Å²) in [7, 11) is -3.48. The summed E-state index contributed by atoms with van der Waals surface area (Å²) in [5, 5.41) is 3.91. The summed E-state index contributed by atoms with van der Waals surface area (Å²) >= 11 is 0. The first-order valence-electron chi connectivity index (χ1n) is 12.9. The predicted molar refractivity (Wildman–Crippen MR) is 144 cm³/mol. The smallest absolute Gasteiger partial charge is 0.243 e. The van der Waals surface area contributed by atoms with E-state index in [-0.39, 0.29) is 11.8 Å². The molecule has 2 aliphatic rings. The summed E-state index contributed by atoms with van der Waals surface area (Å²) in [6.45, 7) is 6.68. The van der Waals surface area contributed by atoms with Gasteiger partial charge in [0.05, 0.1) is 16.3 Å². The minimum atomic E-state index is -3.48. The summed E-state index contributed by atoms with van der Waals surface area (Å²) < 4.78 is 27.7. The molecule has 190 valence electrons. The van der Waals surface area contributed by atoms with E-state index in [4.69, 9.17) is 4.98 Å². The highest BCUT2D eigenvalue weighted by atomic mass is 32.2. The van der Waals surface area contributed by atoms with Gasteiger partial charge in [-0.2, -0.15) is 4.31 Å². The van der Waals surface area contributed by atoms with Gasteiger partial charge in [-0.3, -0.25) is 4.79 Å².